The minimum absolute atomic E-state index is 0.811. The van der Waals surface area contributed by atoms with Gasteiger partial charge < -0.3 is 10.1 Å². The molecular formula is C11H22N2O. The Morgan fingerprint density at radius 1 is 1.29 bits per heavy atom. The van der Waals surface area contributed by atoms with Crippen molar-refractivity contribution in [1.29, 1.82) is 0 Å². The van der Waals surface area contributed by atoms with E-state index in [-0.39, 0.29) is 0 Å². The Hall–Kier alpha value is -0.120. The third kappa shape index (κ3) is 2.94. The molecule has 3 nitrogen and oxygen atoms in total. The molecule has 2 fully saturated rings. The first kappa shape index (κ1) is 10.4. The minimum atomic E-state index is 0.811. The highest BCUT2D eigenvalue weighted by Crippen LogP contribution is 2.25. The Morgan fingerprint density at radius 3 is 2.64 bits per heavy atom. The van der Waals surface area contributed by atoms with E-state index in [0.29, 0.717) is 0 Å². The van der Waals surface area contributed by atoms with E-state index in [0.717, 1.165) is 44.8 Å². The standard InChI is InChI=1S/C11H22N2O/c1-10-8-11(9-10)12-2-3-13-4-6-14-7-5-13/h10-12H,2-9H2,1H3. The summed E-state index contributed by atoms with van der Waals surface area (Å²) in [6.45, 7) is 8.73. The lowest BCUT2D eigenvalue weighted by molar-refractivity contribution is 0.0375. The summed E-state index contributed by atoms with van der Waals surface area (Å²) in [7, 11) is 0. The molecule has 0 aromatic carbocycles. The number of hydrogen-bond acceptors (Lipinski definition) is 3. The summed E-state index contributed by atoms with van der Waals surface area (Å²) in [5, 5.41) is 3.61. The lowest BCUT2D eigenvalue weighted by Gasteiger charge is -2.34. The molecule has 0 unspecified atom stereocenters. The van der Waals surface area contributed by atoms with Crippen LogP contribution in [0.4, 0.5) is 0 Å². The van der Waals surface area contributed by atoms with Crippen LogP contribution in [-0.4, -0.2) is 50.3 Å². The van der Waals surface area contributed by atoms with E-state index in [4.69, 9.17) is 4.74 Å². The topological polar surface area (TPSA) is 24.5 Å². The fourth-order valence-electron chi connectivity index (χ4n) is 2.32. The van der Waals surface area contributed by atoms with Crippen LogP contribution in [0.2, 0.25) is 0 Å². The fourth-order valence-corrected chi connectivity index (χ4v) is 2.32. The molecular weight excluding hydrogens is 176 g/mol. The monoisotopic (exact) mass is 198 g/mol. The summed E-state index contributed by atoms with van der Waals surface area (Å²) in [5.41, 5.74) is 0. The van der Waals surface area contributed by atoms with Crippen molar-refractivity contribution in [1.82, 2.24) is 10.2 Å². The maximum Gasteiger partial charge on any atom is 0.0594 e. The highest BCUT2D eigenvalue weighted by atomic mass is 16.5. The van der Waals surface area contributed by atoms with E-state index in [2.05, 4.69) is 17.1 Å². The van der Waals surface area contributed by atoms with Crippen molar-refractivity contribution in [3.8, 4) is 0 Å². The van der Waals surface area contributed by atoms with Crippen LogP contribution >= 0.6 is 0 Å². The summed E-state index contributed by atoms with van der Waals surface area (Å²) in [6, 6.07) is 0.811. The van der Waals surface area contributed by atoms with Gasteiger partial charge in [0.25, 0.3) is 0 Å². The Labute approximate surface area is 86.8 Å². The van der Waals surface area contributed by atoms with Crippen molar-refractivity contribution in [3.05, 3.63) is 0 Å². The Morgan fingerprint density at radius 2 is 2.00 bits per heavy atom. The van der Waals surface area contributed by atoms with Gasteiger partial charge in [-0.15, -0.1) is 0 Å². The Bertz CT molecular complexity index is 163. The second-order valence-electron chi connectivity index (χ2n) is 4.68. The van der Waals surface area contributed by atoms with Gasteiger partial charge in [0.15, 0.2) is 0 Å². The molecule has 1 aliphatic heterocycles. The second kappa shape index (κ2) is 5.10. The normalized spacial score (nSPS) is 34.1. The molecule has 1 saturated heterocycles. The molecule has 1 saturated carbocycles. The second-order valence-corrected chi connectivity index (χ2v) is 4.68. The van der Waals surface area contributed by atoms with Crippen LogP contribution in [0.15, 0.2) is 0 Å². The van der Waals surface area contributed by atoms with E-state index in [1.165, 1.54) is 19.4 Å². The summed E-state index contributed by atoms with van der Waals surface area (Å²) >= 11 is 0. The zero-order valence-corrected chi connectivity index (χ0v) is 9.17. The van der Waals surface area contributed by atoms with E-state index in [9.17, 15) is 0 Å². The first-order valence-corrected chi connectivity index (χ1v) is 5.88. The molecule has 1 heterocycles. The molecule has 0 radical (unpaired) electrons. The van der Waals surface area contributed by atoms with Gasteiger partial charge in [-0.1, -0.05) is 6.92 Å². The number of nitrogens with zero attached hydrogens (tertiary/aromatic N) is 1. The maximum absolute atomic E-state index is 5.31. The van der Waals surface area contributed by atoms with Gasteiger partial charge >= 0.3 is 0 Å². The van der Waals surface area contributed by atoms with Crippen LogP contribution in [0, 0.1) is 5.92 Å². The van der Waals surface area contributed by atoms with Gasteiger partial charge in [0.1, 0.15) is 0 Å². The summed E-state index contributed by atoms with van der Waals surface area (Å²) in [5.74, 6) is 0.955. The summed E-state index contributed by atoms with van der Waals surface area (Å²) in [4.78, 5) is 2.48. The summed E-state index contributed by atoms with van der Waals surface area (Å²) < 4.78 is 5.31. The van der Waals surface area contributed by atoms with Gasteiger partial charge in [-0.05, 0) is 18.8 Å². The molecule has 0 aromatic rings. The van der Waals surface area contributed by atoms with E-state index in [1.807, 2.05) is 0 Å². The SMILES string of the molecule is CC1CC(NCCN2CCOCC2)C1. The van der Waals surface area contributed by atoms with Gasteiger partial charge in [-0.2, -0.15) is 0 Å². The summed E-state index contributed by atoms with van der Waals surface area (Å²) in [6.07, 6.45) is 2.76. The van der Waals surface area contributed by atoms with Crippen molar-refractivity contribution in [2.75, 3.05) is 39.4 Å². The lowest BCUT2D eigenvalue weighted by Crippen LogP contribution is -2.45. The van der Waals surface area contributed by atoms with Crippen LogP contribution in [0.25, 0.3) is 0 Å². The van der Waals surface area contributed by atoms with Gasteiger partial charge in [-0.25, -0.2) is 0 Å². The number of nitrogens with one attached hydrogen (secondary N) is 1. The van der Waals surface area contributed by atoms with Crippen LogP contribution in [-0.2, 0) is 4.74 Å². The number of morpholine rings is 1. The van der Waals surface area contributed by atoms with Crippen LogP contribution in [0.5, 0.6) is 0 Å². The highest BCUT2D eigenvalue weighted by Gasteiger charge is 2.24. The number of rotatable bonds is 4. The Balaban J connectivity index is 1.50. The van der Waals surface area contributed by atoms with Crippen molar-refractivity contribution in [2.45, 2.75) is 25.8 Å². The molecule has 0 aromatic heterocycles. The van der Waals surface area contributed by atoms with Gasteiger partial charge in [-0.3, -0.25) is 4.90 Å². The molecule has 3 heteroatoms. The van der Waals surface area contributed by atoms with Crippen LogP contribution < -0.4 is 5.32 Å². The Kier molecular flexibility index (Phi) is 3.79. The van der Waals surface area contributed by atoms with E-state index < -0.39 is 0 Å². The average molecular weight is 198 g/mol. The van der Waals surface area contributed by atoms with Crippen LogP contribution in [0.3, 0.4) is 0 Å². The predicted octanol–water partition coefficient (Wildman–Crippen LogP) is 0.707. The molecule has 0 atom stereocenters. The van der Waals surface area contributed by atoms with E-state index >= 15 is 0 Å². The molecule has 0 spiro atoms. The fraction of sp³-hybridized carbons (Fsp3) is 1.00. The molecule has 1 N–H and O–H groups in total. The van der Waals surface area contributed by atoms with Crippen molar-refractivity contribution in [3.63, 3.8) is 0 Å². The molecule has 2 aliphatic rings. The third-order valence-electron chi connectivity index (χ3n) is 3.34. The van der Waals surface area contributed by atoms with Crippen molar-refractivity contribution < 1.29 is 4.74 Å². The van der Waals surface area contributed by atoms with Gasteiger partial charge in [0.05, 0.1) is 13.2 Å². The lowest BCUT2D eigenvalue weighted by atomic mass is 9.82. The highest BCUT2D eigenvalue weighted by molar-refractivity contribution is 4.82. The van der Waals surface area contributed by atoms with Crippen LogP contribution in [0.1, 0.15) is 19.8 Å². The van der Waals surface area contributed by atoms with Crippen molar-refractivity contribution in [2.24, 2.45) is 5.92 Å². The van der Waals surface area contributed by atoms with Gasteiger partial charge in [0.2, 0.25) is 0 Å². The predicted molar refractivity (Wildman–Crippen MR) is 57.4 cm³/mol. The smallest absolute Gasteiger partial charge is 0.0594 e. The third-order valence-corrected chi connectivity index (χ3v) is 3.34. The zero-order chi connectivity index (χ0) is 9.80. The largest absolute Gasteiger partial charge is 0.379 e. The first-order chi connectivity index (χ1) is 6.84. The number of ether oxygens (including phenoxy) is 1. The quantitative estimate of drug-likeness (QED) is 0.720. The maximum atomic E-state index is 5.31. The van der Waals surface area contributed by atoms with Crippen molar-refractivity contribution >= 4 is 0 Å². The van der Waals surface area contributed by atoms with Gasteiger partial charge in [0, 0.05) is 32.2 Å². The zero-order valence-electron chi connectivity index (χ0n) is 9.17. The molecule has 0 bridgehead atoms. The average Bonchev–Trinajstić information content (AvgIpc) is 2.17. The molecule has 14 heavy (non-hydrogen) atoms. The van der Waals surface area contributed by atoms with E-state index in [1.54, 1.807) is 0 Å². The molecule has 0 amide bonds. The minimum Gasteiger partial charge on any atom is -0.379 e. The number of hydrogen-bond donors (Lipinski definition) is 1. The molecule has 2 rings (SSSR count). The molecule has 1 aliphatic carbocycles. The first-order valence-electron chi connectivity index (χ1n) is 5.88. The molecule has 82 valence electrons.